The first-order chi connectivity index (χ1) is 11.5. The highest BCUT2D eigenvalue weighted by Crippen LogP contribution is 2.17. The Labute approximate surface area is 140 Å². The van der Waals surface area contributed by atoms with Crippen molar-refractivity contribution in [2.75, 3.05) is 13.2 Å². The molecule has 0 aliphatic carbocycles. The van der Waals surface area contributed by atoms with Gasteiger partial charge in [-0.3, -0.25) is 9.59 Å². The topological polar surface area (TPSA) is 105 Å². The van der Waals surface area contributed by atoms with Crippen molar-refractivity contribution in [1.29, 1.82) is 0 Å². The Bertz CT molecular complexity index is 613. The van der Waals surface area contributed by atoms with Crippen molar-refractivity contribution < 1.29 is 24.2 Å². The van der Waals surface area contributed by atoms with Crippen LogP contribution in [0.3, 0.4) is 0 Å². The van der Waals surface area contributed by atoms with Crippen molar-refractivity contribution >= 4 is 17.8 Å². The zero-order chi connectivity index (χ0) is 17.9. The number of hydrogen-bond donors (Lipinski definition) is 3. The minimum absolute atomic E-state index is 0.179. The van der Waals surface area contributed by atoms with Gasteiger partial charge in [-0.05, 0) is 32.4 Å². The summed E-state index contributed by atoms with van der Waals surface area (Å²) in [5.41, 5.74) is 0.316. The Morgan fingerprint density at radius 1 is 1.29 bits per heavy atom. The molecule has 2 amide bonds. The van der Waals surface area contributed by atoms with Crippen LogP contribution in [0, 0.1) is 0 Å². The maximum absolute atomic E-state index is 12.1. The van der Waals surface area contributed by atoms with E-state index in [4.69, 9.17) is 9.84 Å². The third-order valence-corrected chi connectivity index (χ3v) is 3.08. The molecule has 1 aromatic carbocycles. The Morgan fingerprint density at radius 2 is 2.00 bits per heavy atom. The van der Waals surface area contributed by atoms with Gasteiger partial charge in [-0.2, -0.15) is 0 Å². The molecule has 0 aliphatic rings. The second kappa shape index (κ2) is 10.0. The molecule has 7 heteroatoms. The summed E-state index contributed by atoms with van der Waals surface area (Å²) in [5, 5.41) is 13.9. The molecule has 0 saturated carbocycles. The van der Waals surface area contributed by atoms with E-state index in [1.165, 1.54) is 0 Å². The van der Waals surface area contributed by atoms with Gasteiger partial charge in [0.1, 0.15) is 11.8 Å². The zero-order valence-electron chi connectivity index (χ0n) is 13.7. The van der Waals surface area contributed by atoms with E-state index in [1.54, 1.807) is 50.3 Å². The van der Waals surface area contributed by atoms with Crippen LogP contribution in [0.25, 0.3) is 0 Å². The van der Waals surface area contributed by atoms with Crippen molar-refractivity contribution in [1.82, 2.24) is 10.6 Å². The SMILES string of the molecule is C/C=C/CC(NC(=O)CNC(=O)c1ccccc1OCC)C(=O)O. The minimum atomic E-state index is -1.13. The number of carbonyl (C=O) groups is 3. The predicted octanol–water partition coefficient (Wildman–Crippen LogP) is 1.35. The number of para-hydroxylation sites is 1. The summed E-state index contributed by atoms with van der Waals surface area (Å²) in [6.45, 7) is 3.66. The number of carbonyl (C=O) groups excluding carboxylic acids is 2. The van der Waals surface area contributed by atoms with Crippen molar-refractivity contribution in [2.45, 2.75) is 26.3 Å². The summed E-state index contributed by atoms with van der Waals surface area (Å²) >= 11 is 0. The van der Waals surface area contributed by atoms with Crippen LogP contribution in [0.1, 0.15) is 30.6 Å². The molecule has 0 aliphatic heterocycles. The molecule has 1 unspecified atom stereocenters. The number of carboxylic acids is 1. The van der Waals surface area contributed by atoms with Crippen LogP contribution in [-0.4, -0.2) is 42.1 Å². The van der Waals surface area contributed by atoms with E-state index in [2.05, 4.69) is 10.6 Å². The Hall–Kier alpha value is -2.83. The zero-order valence-corrected chi connectivity index (χ0v) is 13.7. The van der Waals surface area contributed by atoms with Gasteiger partial charge in [0.2, 0.25) is 5.91 Å². The number of allylic oxidation sites excluding steroid dienone is 1. The lowest BCUT2D eigenvalue weighted by molar-refractivity contribution is -0.141. The molecule has 130 valence electrons. The van der Waals surface area contributed by atoms with Crippen molar-refractivity contribution in [3.05, 3.63) is 42.0 Å². The molecule has 1 aromatic rings. The molecule has 1 rings (SSSR count). The Kier molecular flexibility index (Phi) is 8.04. The number of aliphatic carboxylic acids is 1. The minimum Gasteiger partial charge on any atom is -0.493 e. The van der Waals surface area contributed by atoms with Crippen LogP contribution in [-0.2, 0) is 9.59 Å². The lowest BCUT2D eigenvalue weighted by Crippen LogP contribution is -2.45. The molecule has 0 aromatic heterocycles. The number of carboxylic acid groups (broad SMARTS) is 1. The second-order valence-corrected chi connectivity index (χ2v) is 4.87. The van der Waals surface area contributed by atoms with Gasteiger partial charge >= 0.3 is 5.97 Å². The standard InChI is InChI=1S/C17H22N2O5/c1-3-5-9-13(17(22)23)19-15(20)11-18-16(21)12-8-6-7-10-14(12)24-4-2/h3,5-8,10,13H,4,9,11H2,1-2H3,(H,18,21)(H,19,20)(H,22,23)/b5-3+. The predicted molar refractivity (Wildman–Crippen MR) is 88.9 cm³/mol. The molecule has 0 spiro atoms. The number of hydrogen-bond acceptors (Lipinski definition) is 4. The molecule has 3 N–H and O–H groups in total. The fourth-order valence-electron chi connectivity index (χ4n) is 1.93. The number of amides is 2. The van der Waals surface area contributed by atoms with Gasteiger partial charge in [0.25, 0.3) is 5.91 Å². The molecular weight excluding hydrogens is 312 g/mol. The van der Waals surface area contributed by atoms with Gasteiger partial charge in [-0.1, -0.05) is 24.3 Å². The number of benzene rings is 1. The molecule has 0 fully saturated rings. The van der Waals surface area contributed by atoms with E-state index in [0.717, 1.165) is 0 Å². The molecular formula is C17H22N2O5. The van der Waals surface area contributed by atoms with E-state index in [0.29, 0.717) is 17.9 Å². The maximum atomic E-state index is 12.1. The fourth-order valence-corrected chi connectivity index (χ4v) is 1.93. The quantitative estimate of drug-likeness (QED) is 0.591. The third kappa shape index (κ3) is 6.12. The van der Waals surface area contributed by atoms with Crippen LogP contribution < -0.4 is 15.4 Å². The molecule has 1 atom stereocenters. The Morgan fingerprint density at radius 3 is 2.62 bits per heavy atom. The normalized spacial score (nSPS) is 11.8. The van der Waals surface area contributed by atoms with Crippen LogP contribution in [0.15, 0.2) is 36.4 Å². The second-order valence-electron chi connectivity index (χ2n) is 4.87. The van der Waals surface area contributed by atoms with Crippen LogP contribution in [0.5, 0.6) is 5.75 Å². The summed E-state index contributed by atoms with van der Waals surface area (Å²) in [6.07, 6.45) is 3.53. The monoisotopic (exact) mass is 334 g/mol. The number of ether oxygens (including phenoxy) is 1. The Balaban J connectivity index is 2.60. The van der Waals surface area contributed by atoms with Gasteiger partial charge < -0.3 is 20.5 Å². The molecule has 0 heterocycles. The molecule has 24 heavy (non-hydrogen) atoms. The van der Waals surface area contributed by atoms with E-state index >= 15 is 0 Å². The van der Waals surface area contributed by atoms with Crippen LogP contribution in [0.4, 0.5) is 0 Å². The summed E-state index contributed by atoms with van der Waals surface area (Å²) in [5.74, 6) is -1.74. The van der Waals surface area contributed by atoms with Crippen LogP contribution in [0.2, 0.25) is 0 Å². The van der Waals surface area contributed by atoms with Gasteiger partial charge in [0.15, 0.2) is 0 Å². The van der Waals surface area contributed by atoms with Gasteiger partial charge in [-0.25, -0.2) is 4.79 Å². The van der Waals surface area contributed by atoms with E-state index in [-0.39, 0.29) is 13.0 Å². The van der Waals surface area contributed by atoms with Crippen molar-refractivity contribution in [3.63, 3.8) is 0 Å². The third-order valence-electron chi connectivity index (χ3n) is 3.08. The van der Waals surface area contributed by atoms with Crippen molar-refractivity contribution in [3.8, 4) is 5.75 Å². The molecule has 7 nitrogen and oxygen atoms in total. The summed E-state index contributed by atoms with van der Waals surface area (Å²) in [6, 6.07) is 5.66. The van der Waals surface area contributed by atoms with Gasteiger partial charge in [0, 0.05) is 0 Å². The number of nitrogens with one attached hydrogen (secondary N) is 2. The highest BCUT2D eigenvalue weighted by molar-refractivity contribution is 5.99. The molecule has 0 saturated heterocycles. The largest absolute Gasteiger partial charge is 0.493 e. The fraction of sp³-hybridized carbons (Fsp3) is 0.353. The molecule has 0 bridgehead atoms. The lowest BCUT2D eigenvalue weighted by Gasteiger charge is -2.14. The van der Waals surface area contributed by atoms with Gasteiger partial charge in [0.05, 0.1) is 18.7 Å². The van der Waals surface area contributed by atoms with E-state index < -0.39 is 23.8 Å². The summed E-state index contributed by atoms with van der Waals surface area (Å²) in [4.78, 5) is 35.0. The first kappa shape index (κ1) is 19.2. The lowest BCUT2D eigenvalue weighted by atomic mass is 10.2. The summed E-state index contributed by atoms with van der Waals surface area (Å²) < 4.78 is 5.36. The average molecular weight is 334 g/mol. The van der Waals surface area contributed by atoms with Gasteiger partial charge in [-0.15, -0.1) is 0 Å². The average Bonchev–Trinajstić information content (AvgIpc) is 2.57. The number of rotatable bonds is 9. The summed E-state index contributed by atoms with van der Waals surface area (Å²) in [7, 11) is 0. The van der Waals surface area contributed by atoms with E-state index in [1.807, 2.05) is 0 Å². The van der Waals surface area contributed by atoms with E-state index in [9.17, 15) is 14.4 Å². The highest BCUT2D eigenvalue weighted by Gasteiger charge is 2.19. The first-order valence-corrected chi connectivity index (χ1v) is 7.62. The molecule has 0 radical (unpaired) electrons. The first-order valence-electron chi connectivity index (χ1n) is 7.62. The highest BCUT2D eigenvalue weighted by atomic mass is 16.5. The maximum Gasteiger partial charge on any atom is 0.326 e. The smallest absolute Gasteiger partial charge is 0.326 e. The van der Waals surface area contributed by atoms with Crippen LogP contribution >= 0.6 is 0 Å². The van der Waals surface area contributed by atoms with Crippen molar-refractivity contribution in [2.24, 2.45) is 0 Å².